The fraction of sp³-hybridized carbons (Fsp3) is 0.391. The first kappa shape index (κ1) is 23.9. The minimum atomic E-state index is -3.98. The molecule has 0 saturated carbocycles. The molecule has 0 aromatic heterocycles. The highest BCUT2D eigenvalue weighted by Gasteiger charge is 2.32. The van der Waals surface area contributed by atoms with E-state index in [4.69, 9.17) is 0 Å². The average Bonchev–Trinajstić information content (AvgIpc) is 3.06. The molecule has 0 aliphatic carbocycles. The number of rotatable bonds is 7. The van der Waals surface area contributed by atoms with Gasteiger partial charge in [-0.2, -0.15) is 4.72 Å². The molecule has 3 rings (SSSR count). The summed E-state index contributed by atoms with van der Waals surface area (Å²) in [6.45, 7) is 7.05. The number of sulfonamides is 1. The van der Waals surface area contributed by atoms with Gasteiger partial charge in [0.2, 0.25) is 21.8 Å². The summed E-state index contributed by atoms with van der Waals surface area (Å²) in [5, 5.41) is 2.71. The molecule has 2 unspecified atom stereocenters. The van der Waals surface area contributed by atoms with Crippen LogP contribution in [-0.2, 0) is 32.6 Å². The summed E-state index contributed by atoms with van der Waals surface area (Å²) < 4.78 is 41.7. The highest BCUT2D eigenvalue weighted by atomic mass is 32.2. The van der Waals surface area contributed by atoms with Gasteiger partial charge in [0.25, 0.3) is 0 Å². The molecule has 1 aliphatic heterocycles. The van der Waals surface area contributed by atoms with Gasteiger partial charge in [0.15, 0.2) is 0 Å². The molecule has 7 nitrogen and oxygen atoms in total. The number of nitrogens with one attached hydrogen (secondary N) is 2. The summed E-state index contributed by atoms with van der Waals surface area (Å²) in [7, 11) is -3.98. The molecule has 172 valence electrons. The van der Waals surface area contributed by atoms with Crippen LogP contribution >= 0.6 is 0 Å². The lowest BCUT2D eigenvalue weighted by Crippen LogP contribution is -2.49. The molecule has 0 saturated heterocycles. The van der Waals surface area contributed by atoms with Crippen LogP contribution in [0.15, 0.2) is 47.4 Å². The van der Waals surface area contributed by atoms with Crippen LogP contribution in [0.1, 0.15) is 38.8 Å². The molecule has 9 heteroatoms. The van der Waals surface area contributed by atoms with Crippen molar-refractivity contribution in [3.63, 3.8) is 0 Å². The molecule has 32 heavy (non-hydrogen) atoms. The molecular weight excluding hydrogens is 433 g/mol. The number of carbonyl (C=O) groups excluding carboxylic acids is 2. The zero-order chi connectivity index (χ0) is 23.6. The first-order chi connectivity index (χ1) is 15.0. The van der Waals surface area contributed by atoms with Crippen molar-refractivity contribution >= 4 is 27.5 Å². The van der Waals surface area contributed by atoms with Crippen molar-refractivity contribution < 1.29 is 22.4 Å². The minimum absolute atomic E-state index is 0.0471. The monoisotopic (exact) mass is 461 g/mol. The van der Waals surface area contributed by atoms with E-state index >= 15 is 0 Å². The van der Waals surface area contributed by atoms with E-state index in [1.54, 1.807) is 43.0 Å². The molecule has 0 radical (unpaired) electrons. The van der Waals surface area contributed by atoms with Gasteiger partial charge in [-0.3, -0.25) is 9.59 Å². The normalized spacial score (nSPS) is 16.7. The summed E-state index contributed by atoms with van der Waals surface area (Å²) in [5.41, 5.74) is 2.19. The number of hydrogen-bond donors (Lipinski definition) is 2. The Hall–Kier alpha value is -2.78. The van der Waals surface area contributed by atoms with E-state index in [-0.39, 0.29) is 35.1 Å². The van der Waals surface area contributed by atoms with Crippen LogP contribution in [0, 0.1) is 11.7 Å². The third-order valence-corrected chi connectivity index (χ3v) is 6.97. The third kappa shape index (κ3) is 5.16. The smallest absolute Gasteiger partial charge is 0.241 e. The van der Waals surface area contributed by atoms with Crippen LogP contribution < -0.4 is 14.9 Å². The van der Waals surface area contributed by atoms with Gasteiger partial charge < -0.3 is 10.2 Å². The Morgan fingerprint density at radius 1 is 1.16 bits per heavy atom. The first-order valence-corrected chi connectivity index (χ1v) is 11.9. The van der Waals surface area contributed by atoms with Crippen LogP contribution in [0.4, 0.5) is 10.1 Å². The Labute approximate surface area is 188 Å². The maximum atomic E-state index is 13.0. The lowest BCUT2D eigenvalue weighted by molar-refractivity contribution is -0.123. The lowest BCUT2D eigenvalue weighted by Gasteiger charge is -2.22. The van der Waals surface area contributed by atoms with Crippen molar-refractivity contribution in [2.24, 2.45) is 5.92 Å². The van der Waals surface area contributed by atoms with E-state index in [2.05, 4.69) is 10.0 Å². The first-order valence-electron chi connectivity index (χ1n) is 10.5. The highest BCUT2D eigenvalue weighted by Crippen LogP contribution is 2.34. The van der Waals surface area contributed by atoms with Gasteiger partial charge in [0, 0.05) is 25.2 Å². The predicted molar refractivity (Wildman–Crippen MR) is 120 cm³/mol. The molecule has 1 aliphatic rings. The van der Waals surface area contributed by atoms with Crippen LogP contribution in [0.25, 0.3) is 0 Å². The van der Waals surface area contributed by atoms with Crippen LogP contribution in [0.3, 0.4) is 0 Å². The molecule has 0 spiro atoms. The van der Waals surface area contributed by atoms with Gasteiger partial charge in [0.05, 0.1) is 4.90 Å². The van der Waals surface area contributed by atoms with Crippen molar-refractivity contribution in [3.8, 4) is 0 Å². The van der Waals surface area contributed by atoms with Crippen molar-refractivity contribution in [1.29, 1.82) is 0 Å². The maximum Gasteiger partial charge on any atom is 0.241 e. The van der Waals surface area contributed by atoms with Crippen molar-refractivity contribution in [2.45, 2.75) is 57.6 Å². The number of nitrogens with zero attached hydrogens (tertiary/aromatic N) is 1. The SMILES string of the molecule is CC(=O)N1c2ccc(S(=O)(=O)NC(C(=O)NCc3ccc(F)cc3)C(C)C)cc2CC1C. The molecule has 0 fully saturated rings. The lowest BCUT2D eigenvalue weighted by atomic mass is 10.0. The summed E-state index contributed by atoms with van der Waals surface area (Å²) >= 11 is 0. The van der Waals surface area contributed by atoms with Crippen LogP contribution in [0.5, 0.6) is 0 Å². The summed E-state index contributed by atoms with van der Waals surface area (Å²) in [6.07, 6.45) is 0.560. The van der Waals surface area contributed by atoms with Gasteiger partial charge in [-0.1, -0.05) is 26.0 Å². The molecule has 0 bridgehead atoms. The topological polar surface area (TPSA) is 95.6 Å². The van der Waals surface area contributed by atoms with Crippen LogP contribution in [0.2, 0.25) is 0 Å². The van der Waals surface area contributed by atoms with Crippen molar-refractivity contribution in [1.82, 2.24) is 10.0 Å². The van der Waals surface area contributed by atoms with Gasteiger partial charge in [-0.15, -0.1) is 0 Å². The van der Waals surface area contributed by atoms with Crippen LogP contribution in [-0.4, -0.2) is 32.3 Å². The molecule has 2 aromatic carbocycles. The number of carbonyl (C=O) groups is 2. The number of anilines is 1. The molecule has 2 N–H and O–H groups in total. The van der Waals surface area contributed by atoms with Crippen molar-refractivity contribution in [2.75, 3.05) is 4.90 Å². The van der Waals surface area contributed by atoms with E-state index in [1.165, 1.54) is 25.1 Å². The quantitative estimate of drug-likeness (QED) is 0.663. The molecular formula is C23H28FN3O4S. The molecule has 2 atom stereocenters. The van der Waals surface area contributed by atoms with Gasteiger partial charge in [-0.25, -0.2) is 12.8 Å². The van der Waals surface area contributed by atoms with Gasteiger partial charge in [0.1, 0.15) is 11.9 Å². The van der Waals surface area contributed by atoms with Gasteiger partial charge >= 0.3 is 0 Å². The Morgan fingerprint density at radius 2 is 1.81 bits per heavy atom. The zero-order valence-corrected chi connectivity index (χ0v) is 19.4. The number of hydrogen-bond acceptors (Lipinski definition) is 4. The largest absolute Gasteiger partial charge is 0.351 e. The Balaban J connectivity index is 1.75. The summed E-state index contributed by atoms with van der Waals surface area (Å²) in [6, 6.07) is 9.32. The number of amides is 2. The number of fused-ring (bicyclic) bond motifs is 1. The highest BCUT2D eigenvalue weighted by molar-refractivity contribution is 7.89. The number of halogens is 1. The summed E-state index contributed by atoms with van der Waals surface area (Å²) in [5.74, 6) is -1.24. The average molecular weight is 462 g/mol. The zero-order valence-electron chi connectivity index (χ0n) is 18.6. The fourth-order valence-electron chi connectivity index (χ4n) is 3.88. The molecule has 1 heterocycles. The predicted octanol–water partition coefficient (Wildman–Crippen LogP) is 2.74. The minimum Gasteiger partial charge on any atom is -0.351 e. The standard InChI is InChI=1S/C23H28FN3O4S/c1-14(2)22(23(29)25-13-17-5-7-19(24)8-6-17)26-32(30,31)20-9-10-21-18(12-20)11-15(3)27(21)16(4)28/h5-10,12,14-15,22,26H,11,13H2,1-4H3,(H,25,29). The Bertz CT molecular complexity index is 1120. The van der Waals surface area contributed by atoms with E-state index in [1.807, 2.05) is 6.92 Å². The fourth-order valence-corrected chi connectivity index (χ4v) is 5.28. The summed E-state index contributed by atoms with van der Waals surface area (Å²) in [4.78, 5) is 26.3. The van der Waals surface area contributed by atoms with E-state index < -0.39 is 22.0 Å². The maximum absolute atomic E-state index is 13.0. The van der Waals surface area contributed by atoms with E-state index in [0.717, 1.165) is 5.56 Å². The molecule has 2 amide bonds. The van der Waals surface area contributed by atoms with E-state index in [0.29, 0.717) is 17.7 Å². The van der Waals surface area contributed by atoms with Crippen molar-refractivity contribution in [3.05, 3.63) is 59.4 Å². The third-order valence-electron chi connectivity index (χ3n) is 5.53. The van der Waals surface area contributed by atoms with E-state index in [9.17, 15) is 22.4 Å². The Kier molecular flexibility index (Phi) is 7.00. The molecule has 2 aromatic rings. The Morgan fingerprint density at radius 3 is 2.41 bits per heavy atom. The van der Waals surface area contributed by atoms with Gasteiger partial charge in [-0.05, 0) is 60.7 Å². The second kappa shape index (κ2) is 9.38. The number of benzene rings is 2. The second-order valence-electron chi connectivity index (χ2n) is 8.42. The second-order valence-corrected chi connectivity index (χ2v) is 10.1.